The van der Waals surface area contributed by atoms with E-state index in [0.29, 0.717) is 0 Å². The zero-order valence-electron chi connectivity index (χ0n) is 13.1. The highest BCUT2D eigenvalue weighted by molar-refractivity contribution is 9.10. The number of benzene rings is 2. The summed E-state index contributed by atoms with van der Waals surface area (Å²) >= 11 is 3.39. The average molecular weight is 389 g/mol. The lowest BCUT2D eigenvalue weighted by atomic mass is 9.85. The van der Waals surface area contributed by atoms with E-state index in [0.717, 1.165) is 15.6 Å². The molecule has 0 N–H and O–H groups in total. The Morgan fingerprint density at radius 2 is 1.75 bits per heavy atom. The van der Waals surface area contributed by atoms with E-state index in [9.17, 15) is 9.59 Å². The van der Waals surface area contributed by atoms with E-state index in [2.05, 4.69) is 15.9 Å². The van der Waals surface area contributed by atoms with Crippen LogP contribution in [0.3, 0.4) is 0 Å². The molecule has 0 amide bonds. The van der Waals surface area contributed by atoms with E-state index in [4.69, 9.17) is 9.47 Å². The molecule has 2 aromatic carbocycles. The largest absolute Gasteiger partial charge is 0.468 e. The summed E-state index contributed by atoms with van der Waals surface area (Å²) in [4.78, 5) is 24.8. The van der Waals surface area contributed by atoms with Crippen LogP contribution >= 0.6 is 15.9 Å². The Labute approximate surface area is 148 Å². The van der Waals surface area contributed by atoms with Gasteiger partial charge in [-0.3, -0.25) is 9.59 Å². The second-order valence-corrected chi connectivity index (χ2v) is 6.59. The van der Waals surface area contributed by atoms with Crippen LogP contribution < -0.4 is 0 Å². The van der Waals surface area contributed by atoms with E-state index in [-0.39, 0.29) is 18.3 Å². The van der Waals surface area contributed by atoms with Crippen molar-refractivity contribution in [3.63, 3.8) is 0 Å². The lowest BCUT2D eigenvalue weighted by Gasteiger charge is -2.34. The molecule has 1 aliphatic heterocycles. The first-order valence-electron chi connectivity index (χ1n) is 7.66. The molecule has 1 saturated heterocycles. The van der Waals surface area contributed by atoms with E-state index in [1.807, 2.05) is 54.6 Å². The second-order valence-electron chi connectivity index (χ2n) is 5.68. The van der Waals surface area contributed by atoms with Crippen molar-refractivity contribution < 1.29 is 19.1 Å². The third kappa shape index (κ3) is 3.42. The standard InChI is InChI=1S/C19H17BrO4/c1-23-19(22)17-15(21)11-16(12-5-3-2-4-6-12)24-18(17)13-7-9-14(20)10-8-13/h2-10,16-18H,11H2,1H3/t16-,17+,18-/m0/s1. The summed E-state index contributed by atoms with van der Waals surface area (Å²) in [6, 6.07) is 17.0. The van der Waals surface area contributed by atoms with Crippen LogP contribution in [0.15, 0.2) is 59.1 Å². The Bertz CT molecular complexity index is 727. The Kier molecular flexibility index (Phi) is 5.11. The molecule has 0 spiro atoms. The Balaban J connectivity index is 1.96. The lowest BCUT2D eigenvalue weighted by molar-refractivity contribution is -0.168. The molecule has 24 heavy (non-hydrogen) atoms. The second kappa shape index (κ2) is 7.28. The van der Waals surface area contributed by atoms with Crippen LogP contribution in [0.1, 0.15) is 29.8 Å². The molecule has 0 saturated carbocycles. The van der Waals surface area contributed by atoms with Gasteiger partial charge >= 0.3 is 5.97 Å². The maximum absolute atomic E-state index is 12.6. The van der Waals surface area contributed by atoms with Crippen molar-refractivity contribution in [3.05, 3.63) is 70.2 Å². The van der Waals surface area contributed by atoms with Gasteiger partial charge in [0.25, 0.3) is 0 Å². The first-order chi connectivity index (χ1) is 11.6. The molecule has 0 radical (unpaired) electrons. The summed E-state index contributed by atoms with van der Waals surface area (Å²) in [5.41, 5.74) is 1.71. The highest BCUT2D eigenvalue weighted by Gasteiger charge is 2.44. The quantitative estimate of drug-likeness (QED) is 0.588. The first kappa shape index (κ1) is 16.9. The fourth-order valence-corrected chi connectivity index (χ4v) is 3.22. The van der Waals surface area contributed by atoms with Crippen LogP contribution in [0, 0.1) is 5.92 Å². The molecule has 1 heterocycles. The molecule has 3 rings (SSSR count). The number of rotatable bonds is 3. The molecule has 1 aliphatic rings. The molecule has 3 atom stereocenters. The molecule has 5 heteroatoms. The van der Waals surface area contributed by atoms with Crippen LogP contribution in [0.2, 0.25) is 0 Å². The van der Waals surface area contributed by atoms with Crippen molar-refractivity contribution in [1.82, 2.24) is 0 Å². The zero-order valence-corrected chi connectivity index (χ0v) is 14.7. The van der Waals surface area contributed by atoms with Gasteiger partial charge in [-0.2, -0.15) is 0 Å². The minimum atomic E-state index is -0.934. The van der Waals surface area contributed by atoms with Gasteiger partial charge in [0.1, 0.15) is 12.0 Å². The van der Waals surface area contributed by atoms with E-state index in [1.54, 1.807) is 0 Å². The predicted molar refractivity (Wildman–Crippen MR) is 92.3 cm³/mol. The molecule has 1 fully saturated rings. The molecule has 0 unspecified atom stereocenters. The Morgan fingerprint density at radius 3 is 2.38 bits per heavy atom. The summed E-state index contributed by atoms with van der Waals surface area (Å²) in [6.07, 6.45) is -0.859. The minimum absolute atomic E-state index is 0.158. The Hall–Kier alpha value is -1.98. The SMILES string of the molecule is COC(=O)[C@@H]1C(=O)C[C@@H](c2ccccc2)O[C@H]1c1ccc(Br)cc1. The van der Waals surface area contributed by atoms with Crippen LogP contribution in [0.25, 0.3) is 0 Å². The number of methoxy groups -OCH3 is 1. The third-order valence-corrected chi connectivity index (χ3v) is 4.70. The van der Waals surface area contributed by atoms with Crippen molar-refractivity contribution in [1.29, 1.82) is 0 Å². The van der Waals surface area contributed by atoms with Gasteiger partial charge in [0, 0.05) is 10.9 Å². The van der Waals surface area contributed by atoms with Crippen LogP contribution in [-0.4, -0.2) is 18.9 Å². The summed E-state index contributed by atoms with van der Waals surface area (Å²) < 4.78 is 11.9. The van der Waals surface area contributed by atoms with E-state index >= 15 is 0 Å². The number of hydrogen-bond donors (Lipinski definition) is 0. The molecule has 2 aromatic rings. The number of Topliss-reactive ketones (excluding diaryl/α,β-unsaturated/α-hetero) is 1. The van der Waals surface area contributed by atoms with E-state index in [1.165, 1.54) is 7.11 Å². The van der Waals surface area contributed by atoms with E-state index < -0.39 is 18.0 Å². The topological polar surface area (TPSA) is 52.6 Å². The number of carbonyl (C=O) groups is 2. The summed E-state index contributed by atoms with van der Waals surface area (Å²) in [5, 5.41) is 0. The van der Waals surface area contributed by atoms with Gasteiger partial charge in [0.15, 0.2) is 5.78 Å². The highest BCUT2D eigenvalue weighted by Crippen LogP contribution is 2.41. The number of ether oxygens (including phenoxy) is 2. The molecule has 0 aliphatic carbocycles. The maximum atomic E-state index is 12.6. The first-order valence-corrected chi connectivity index (χ1v) is 8.46. The summed E-state index contributed by atoms with van der Waals surface area (Å²) in [7, 11) is 1.29. The van der Waals surface area contributed by atoms with Crippen molar-refractivity contribution in [3.8, 4) is 0 Å². The van der Waals surface area contributed by atoms with Gasteiger partial charge in [0.05, 0.1) is 13.2 Å². The van der Waals surface area contributed by atoms with Crippen molar-refractivity contribution in [2.45, 2.75) is 18.6 Å². The minimum Gasteiger partial charge on any atom is -0.468 e. The van der Waals surface area contributed by atoms with Crippen LogP contribution in [0.5, 0.6) is 0 Å². The van der Waals surface area contributed by atoms with Crippen LogP contribution in [0.4, 0.5) is 0 Å². The smallest absolute Gasteiger partial charge is 0.319 e. The third-order valence-electron chi connectivity index (χ3n) is 4.17. The van der Waals surface area contributed by atoms with Crippen molar-refractivity contribution in [2.24, 2.45) is 5.92 Å². The molecule has 0 bridgehead atoms. The van der Waals surface area contributed by atoms with Gasteiger partial charge in [-0.25, -0.2) is 0 Å². The number of carbonyl (C=O) groups excluding carboxylic acids is 2. The van der Waals surface area contributed by atoms with Gasteiger partial charge < -0.3 is 9.47 Å². The number of ketones is 1. The summed E-state index contributed by atoms with van der Waals surface area (Å²) in [6.45, 7) is 0. The fourth-order valence-electron chi connectivity index (χ4n) is 2.95. The number of halogens is 1. The predicted octanol–water partition coefficient (Wildman–Crippen LogP) is 4.01. The van der Waals surface area contributed by atoms with Crippen molar-refractivity contribution >= 4 is 27.7 Å². The molecule has 124 valence electrons. The zero-order chi connectivity index (χ0) is 17.1. The molecular weight excluding hydrogens is 372 g/mol. The highest BCUT2D eigenvalue weighted by atomic mass is 79.9. The maximum Gasteiger partial charge on any atom is 0.319 e. The van der Waals surface area contributed by atoms with Gasteiger partial charge in [-0.05, 0) is 23.3 Å². The monoisotopic (exact) mass is 388 g/mol. The van der Waals surface area contributed by atoms with Gasteiger partial charge in [-0.15, -0.1) is 0 Å². The molecule has 0 aromatic heterocycles. The van der Waals surface area contributed by atoms with Gasteiger partial charge in [0.2, 0.25) is 0 Å². The number of esters is 1. The normalized spacial score (nSPS) is 23.8. The average Bonchev–Trinajstić information content (AvgIpc) is 2.62. The molecule has 4 nitrogen and oxygen atoms in total. The lowest BCUT2D eigenvalue weighted by Crippen LogP contribution is -2.38. The summed E-state index contributed by atoms with van der Waals surface area (Å²) in [5.74, 6) is -1.65. The Morgan fingerprint density at radius 1 is 1.08 bits per heavy atom. The molecular formula is C19H17BrO4. The fraction of sp³-hybridized carbons (Fsp3) is 0.263. The van der Waals surface area contributed by atoms with Crippen molar-refractivity contribution in [2.75, 3.05) is 7.11 Å². The van der Waals surface area contributed by atoms with Gasteiger partial charge in [-0.1, -0.05) is 58.4 Å². The number of hydrogen-bond acceptors (Lipinski definition) is 4. The van der Waals surface area contributed by atoms with Crippen LogP contribution in [-0.2, 0) is 19.1 Å².